The number of carbonyl (C=O) groups is 1. The van der Waals surface area contributed by atoms with Gasteiger partial charge in [-0.1, -0.05) is 28.8 Å². The van der Waals surface area contributed by atoms with Gasteiger partial charge in [-0.05, 0) is 12.8 Å². The molecule has 1 aromatic heterocycles. The molecule has 0 fully saturated rings. The minimum Gasteiger partial charge on any atom is -0.469 e. The van der Waals surface area contributed by atoms with Crippen molar-refractivity contribution >= 4 is 75.8 Å². The van der Waals surface area contributed by atoms with Crippen LogP contribution >= 0.6 is 47.8 Å². The Morgan fingerprint density at radius 1 is 1.52 bits per heavy atom. The Hall–Kier alpha value is -1.03. The summed E-state index contributed by atoms with van der Waals surface area (Å²) in [6.07, 6.45) is 8.61. The lowest BCUT2D eigenvalue weighted by molar-refractivity contribution is -0.411. The molecule has 148 valence electrons. The molecule has 0 atom stereocenters. The van der Waals surface area contributed by atoms with Crippen molar-refractivity contribution in [2.45, 2.75) is 38.5 Å². The number of amidine groups is 1. The van der Waals surface area contributed by atoms with E-state index in [-0.39, 0.29) is 21.5 Å². The summed E-state index contributed by atoms with van der Waals surface area (Å²) in [5.74, 6) is 0.858. The Balaban J connectivity index is 0.000000206. The number of esters is 1. The van der Waals surface area contributed by atoms with Crippen LogP contribution in [0.25, 0.3) is 0 Å². The fraction of sp³-hybridized carbons (Fsp3) is 0.529. The van der Waals surface area contributed by atoms with Crippen molar-refractivity contribution in [2.75, 3.05) is 25.5 Å². The number of nitrogens with one attached hydrogen (secondary N) is 1. The van der Waals surface area contributed by atoms with E-state index in [4.69, 9.17) is 11.6 Å². The summed E-state index contributed by atoms with van der Waals surface area (Å²) in [5.41, 5.74) is 0.0468. The molecule has 27 heavy (non-hydrogen) atoms. The van der Waals surface area contributed by atoms with Crippen LogP contribution in [-0.2, 0) is 16.0 Å². The van der Waals surface area contributed by atoms with E-state index in [0.29, 0.717) is 4.88 Å². The van der Waals surface area contributed by atoms with Gasteiger partial charge in [0.25, 0.3) is 5.84 Å². The van der Waals surface area contributed by atoms with E-state index in [9.17, 15) is 9.18 Å². The Labute approximate surface area is 178 Å². The van der Waals surface area contributed by atoms with Crippen LogP contribution in [-0.4, -0.2) is 47.1 Å². The molecule has 2 aliphatic heterocycles. The second-order valence-corrected chi connectivity index (χ2v) is 8.54. The number of rotatable bonds is 3. The number of carbonyl (C=O) groups excluding carboxylic acids is 1. The first-order chi connectivity index (χ1) is 12.9. The average Bonchev–Trinajstić information content (AvgIpc) is 2.84. The van der Waals surface area contributed by atoms with Gasteiger partial charge in [0.05, 0.1) is 37.7 Å². The number of thiol groups is 1. The Morgan fingerprint density at radius 2 is 2.30 bits per heavy atom. The highest BCUT2D eigenvalue weighted by atomic mass is 35.5. The minimum absolute atomic E-state index is 0.0468. The number of anilines is 1. The predicted octanol–water partition coefficient (Wildman–Crippen LogP) is 4.33. The lowest BCUT2D eigenvalue weighted by Crippen LogP contribution is -2.26. The van der Waals surface area contributed by atoms with Crippen molar-refractivity contribution in [3.8, 4) is 0 Å². The van der Waals surface area contributed by atoms with Gasteiger partial charge in [0.1, 0.15) is 16.6 Å². The Bertz CT molecular complexity index is 765. The van der Waals surface area contributed by atoms with E-state index < -0.39 is 11.1 Å². The maximum absolute atomic E-state index is 13.4. The molecule has 10 heteroatoms. The van der Waals surface area contributed by atoms with Crippen LogP contribution in [0.1, 0.15) is 37.0 Å². The Morgan fingerprint density at radius 3 is 3.00 bits per heavy atom. The summed E-state index contributed by atoms with van der Waals surface area (Å²) in [6, 6.07) is 0. The highest BCUT2D eigenvalue weighted by molar-refractivity contribution is 8.11. The van der Waals surface area contributed by atoms with Crippen molar-refractivity contribution in [3.63, 3.8) is 0 Å². The van der Waals surface area contributed by atoms with Gasteiger partial charge >= 0.3 is 5.97 Å². The number of thiophene rings is 1. The number of methoxy groups -OCH3 is 1. The molecule has 0 radical (unpaired) electrons. The van der Waals surface area contributed by atoms with Crippen LogP contribution in [0.5, 0.6) is 0 Å². The summed E-state index contributed by atoms with van der Waals surface area (Å²) in [5, 5.41) is 2.09. The van der Waals surface area contributed by atoms with Crippen LogP contribution in [0.15, 0.2) is 4.99 Å². The van der Waals surface area contributed by atoms with E-state index in [1.54, 1.807) is 0 Å². The molecule has 0 unspecified atom stereocenters. The first-order valence-corrected chi connectivity index (χ1v) is 10.6. The van der Waals surface area contributed by atoms with Gasteiger partial charge in [0.15, 0.2) is 0 Å². The number of aliphatic imine (C=N–C) groups is 1. The summed E-state index contributed by atoms with van der Waals surface area (Å²) in [6.45, 7) is 2.26. The maximum Gasteiger partial charge on any atom is 0.310 e. The SMILES string of the molecule is C1=[N+]2CCCN=C2CCCC1.COC(=O)Cc1sc(F)c(NC(=S)S)c1Cl. The molecule has 0 saturated carbocycles. The molecule has 0 aromatic carbocycles. The monoisotopic (exact) mass is 450 g/mol. The quantitative estimate of drug-likeness (QED) is 0.311. The zero-order valence-electron chi connectivity index (χ0n) is 15.0. The number of thiocarbonyl (C=S) groups is 1. The summed E-state index contributed by atoms with van der Waals surface area (Å²) < 4.78 is 20.3. The largest absolute Gasteiger partial charge is 0.469 e. The fourth-order valence-corrected chi connectivity index (χ4v) is 4.16. The van der Waals surface area contributed by atoms with Crippen LogP contribution in [0.2, 0.25) is 5.02 Å². The molecule has 3 heterocycles. The highest BCUT2D eigenvalue weighted by Crippen LogP contribution is 2.36. The minimum atomic E-state index is -0.541. The van der Waals surface area contributed by atoms with E-state index >= 15 is 0 Å². The second-order valence-electron chi connectivity index (χ2n) is 5.94. The third-order valence-corrected chi connectivity index (χ3v) is 5.75. The molecule has 1 N–H and O–H groups in total. The van der Waals surface area contributed by atoms with E-state index in [0.717, 1.165) is 17.9 Å². The topological polar surface area (TPSA) is 53.7 Å². The van der Waals surface area contributed by atoms with Gasteiger partial charge in [-0.15, -0.1) is 24.0 Å². The van der Waals surface area contributed by atoms with Gasteiger partial charge in [0, 0.05) is 17.7 Å². The standard InChI is InChI=1S/C9H15N2.C8H7ClFNO2S3/c1-2-5-9-10-6-4-8-11(9)7-3-1;1-13-4(12)2-3-5(9)6(7(10)16-3)11-8(14)15/h7H,1-6,8H2;2H2,1H3,(H2,11,14,15)/q+1;. The number of hydrogen-bond donors (Lipinski definition) is 2. The maximum atomic E-state index is 13.4. The molecule has 0 aliphatic carbocycles. The normalized spacial score (nSPS) is 16.0. The van der Waals surface area contributed by atoms with E-state index in [2.05, 4.69) is 50.7 Å². The van der Waals surface area contributed by atoms with Crippen molar-refractivity contribution in [2.24, 2.45) is 4.99 Å². The molecule has 0 bridgehead atoms. The first-order valence-electron chi connectivity index (χ1n) is 8.59. The van der Waals surface area contributed by atoms with Crippen molar-refractivity contribution < 1.29 is 18.5 Å². The van der Waals surface area contributed by atoms with Crippen LogP contribution in [0.3, 0.4) is 0 Å². The average molecular weight is 451 g/mol. The van der Waals surface area contributed by atoms with Crippen molar-refractivity contribution in [3.05, 3.63) is 15.0 Å². The van der Waals surface area contributed by atoms with Gasteiger partial charge in [-0.3, -0.25) is 4.79 Å². The molecule has 0 amide bonds. The molecule has 1 aromatic rings. The smallest absolute Gasteiger partial charge is 0.310 e. The summed E-state index contributed by atoms with van der Waals surface area (Å²) in [7, 11) is 1.25. The molecule has 0 saturated heterocycles. The van der Waals surface area contributed by atoms with Gasteiger partial charge in [-0.25, -0.2) is 4.58 Å². The molecule has 0 spiro atoms. The van der Waals surface area contributed by atoms with Crippen LogP contribution in [0.4, 0.5) is 10.1 Å². The Kier molecular flexibility index (Phi) is 9.14. The van der Waals surface area contributed by atoms with Gasteiger partial charge < -0.3 is 10.1 Å². The zero-order chi connectivity index (χ0) is 19.8. The molecule has 5 nitrogen and oxygen atoms in total. The first kappa shape index (κ1) is 22.3. The van der Waals surface area contributed by atoms with Crippen molar-refractivity contribution in [1.29, 1.82) is 0 Å². The van der Waals surface area contributed by atoms with E-state index in [1.807, 2.05) is 0 Å². The van der Waals surface area contributed by atoms with Gasteiger partial charge in [0.2, 0.25) is 5.13 Å². The summed E-state index contributed by atoms with van der Waals surface area (Å²) in [4.78, 5) is 15.9. The zero-order valence-corrected chi connectivity index (χ0v) is 18.2. The van der Waals surface area contributed by atoms with Crippen molar-refractivity contribution in [1.82, 2.24) is 0 Å². The number of nitrogens with zero attached hydrogens (tertiary/aromatic N) is 2. The highest BCUT2D eigenvalue weighted by Gasteiger charge is 2.20. The van der Waals surface area contributed by atoms with Crippen LogP contribution in [0, 0.1) is 5.13 Å². The van der Waals surface area contributed by atoms with Crippen LogP contribution < -0.4 is 5.32 Å². The fourth-order valence-electron chi connectivity index (χ4n) is 2.72. The van der Waals surface area contributed by atoms with E-state index in [1.165, 1.54) is 51.6 Å². The third kappa shape index (κ3) is 6.81. The second kappa shape index (κ2) is 11.1. The number of halogens is 2. The molecule has 2 aliphatic rings. The number of ether oxygens (including phenoxy) is 1. The lowest BCUT2D eigenvalue weighted by Gasteiger charge is -2.07. The number of fused-ring (bicyclic) bond motifs is 1. The number of hydrogen-bond acceptors (Lipinski definition) is 5. The predicted molar refractivity (Wildman–Crippen MR) is 117 cm³/mol. The molecule has 3 rings (SSSR count). The molecular formula is C17H22ClFN3O2S3+. The molecular weight excluding hydrogens is 429 g/mol. The lowest BCUT2D eigenvalue weighted by atomic mass is 10.2. The summed E-state index contributed by atoms with van der Waals surface area (Å²) >= 11 is 15.1. The van der Waals surface area contributed by atoms with Gasteiger partial charge in [-0.2, -0.15) is 4.39 Å². The third-order valence-electron chi connectivity index (χ3n) is 4.03.